The molecule has 0 spiro atoms. The number of nitrogens with one attached hydrogen (secondary N) is 1. The molecule has 1 aliphatic heterocycles. The fraction of sp³-hybridized carbons (Fsp3) is 0.200. The maximum Gasteiger partial charge on any atom is 0.162 e. The Morgan fingerprint density at radius 1 is 0.806 bits per heavy atom. The molecule has 0 bridgehead atoms. The number of amidine groups is 2. The van der Waals surface area contributed by atoms with Gasteiger partial charge in [-0.2, -0.15) is 0 Å². The highest BCUT2D eigenvalue weighted by Gasteiger charge is 2.17. The van der Waals surface area contributed by atoms with Crippen LogP contribution >= 0.6 is 15.9 Å². The van der Waals surface area contributed by atoms with Gasteiger partial charge in [0.1, 0.15) is 5.84 Å². The number of ether oxygens (including phenoxy) is 2. The van der Waals surface area contributed by atoms with E-state index in [0.29, 0.717) is 30.6 Å². The third-order valence-electron chi connectivity index (χ3n) is 4.77. The van der Waals surface area contributed by atoms with Gasteiger partial charge in [-0.25, -0.2) is 9.98 Å². The summed E-state index contributed by atoms with van der Waals surface area (Å²) >= 11 is 3.50. The second kappa shape index (κ2) is 9.35. The van der Waals surface area contributed by atoms with E-state index in [0.717, 1.165) is 38.3 Å². The Kier molecular flexibility index (Phi) is 6.37. The number of rotatable bonds is 6. The van der Waals surface area contributed by atoms with Gasteiger partial charge in [-0.15, -0.1) is 0 Å². The van der Waals surface area contributed by atoms with Crippen molar-refractivity contribution in [2.45, 2.75) is 20.8 Å². The normalized spacial score (nSPS) is 12.8. The van der Waals surface area contributed by atoms with Gasteiger partial charge in [0.25, 0.3) is 0 Å². The molecular formula is C25H24BrN3O2. The highest BCUT2D eigenvalue weighted by Crippen LogP contribution is 2.33. The zero-order valence-corrected chi connectivity index (χ0v) is 19.4. The van der Waals surface area contributed by atoms with Crippen molar-refractivity contribution in [3.8, 4) is 11.5 Å². The van der Waals surface area contributed by atoms with Gasteiger partial charge in [-0.05, 0) is 68.8 Å². The van der Waals surface area contributed by atoms with Crippen LogP contribution in [-0.4, -0.2) is 24.9 Å². The Bertz CT molecular complexity index is 1150. The predicted molar refractivity (Wildman–Crippen MR) is 130 cm³/mol. The summed E-state index contributed by atoms with van der Waals surface area (Å²) in [5.74, 6) is 2.77. The molecule has 3 aromatic carbocycles. The summed E-state index contributed by atoms with van der Waals surface area (Å²) in [6.45, 7) is 7.11. The first-order valence-electron chi connectivity index (χ1n) is 10.3. The molecule has 1 aliphatic rings. The zero-order chi connectivity index (χ0) is 21.8. The second-order valence-electron chi connectivity index (χ2n) is 7.08. The van der Waals surface area contributed by atoms with Crippen LogP contribution in [0.3, 0.4) is 0 Å². The lowest BCUT2D eigenvalue weighted by molar-refractivity contribution is 0.288. The van der Waals surface area contributed by atoms with Crippen LogP contribution in [0, 0.1) is 6.92 Å². The molecule has 4 rings (SSSR count). The molecule has 1 heterocycles. The minimum absolute atomic E-state index is 0.553. The smallest absolute Gasteiger partial charge is 0.162 e. The van der Waals surface area contributed by atoms with E-state index in [2.05, 4.69) is 40.3 Å². The lowest BCUT2D eigenvalue weighted by atomic mass is 10.1. The molecule has 6 heteroatoms. The number of nitrogens with zero attached hydrogens (tertiary/aromatic N) is 2. The van der Waals surface area contributed by atoms with Crippen molar-refractivity contribution in [3.63, 3.8) is 0 Å². The van der Waals surface area contributed by atoms with Gasteiger partial charge in [-0.1, -0.05) is 34.1 Å². The number of hydrogen-bond donors (Lipinski definition) is 1. The van der Waals surface area contributed by atoms with Gasteiger partial charge in [-0.3, -0.25) is 0 Å². The van der Waals surface area contributed by atoms with Crippen molar-refractivity contribution in [2.75, 3.05) is 18.5 Å². The van der Waals surface area contributed by atoms with Gasteiger partial charge in [0, 0.05) is 15.6 Å². The fourth-order valence-corrected chi connectivity index (χ4v) is 3.58. The average molecular weight is 478 g/mol. The number of fused-ring (bicyclic) bond motifs is 1. The van der Waals surface area contributed by atoms with Crippen LogP contribution in [0.25, 0.3) is 0 Å². The minimum atomic E-state index is 0.553. The van der Waals surface area contributed by atoms with E-state index in [9.17, 15) is 0 Å². The molecule has 0 aromatic heterocycles. The molecular weight excluding hydrogens is 454 g/mol. The van der Waals surface area contributed by atoms with E-state index in [1.54, 1.807) is 0 Å². The standard InChI is InChI=1S/C25H24BrN3O2/c1-4-30-22-13-9-18(15-23(22)31-5-2)25-28-21-14-16(3)6-12-20(21)27-24(29-25)17-7-10-19(26)11-8-17/h6-15H,4-5H2,1-3H3,(H,27,28,29). The molecule has 0 aliphatic carbocycles. The van der Waals surface area contributed by atoms with Gasteiger partial charge in [0.2, 0.25) is 0 Å². The van der Waals surface area contributed by atoms with Crippen LogP contribution in [0.5, 0.6) is 11.5 Å². The van der Waals surface area contributed by atoms with Crippen LogP contribution in [0.15, 0.2) is 75.1 Å². The first-order valence-corrected chi connectivity index (χ1v) is 11.1. The van der Waals surface area contributed by atoms with Gasteiger partial charge in [0.15, 0.2) is 17.3 Å². The van der Waals surface area contributed by atoms with Crippen LogP contribution < -0.4 is 14.8 Å². The summed E-state index contributed by atoms with van der Waals surface area (Å²) in [7, 11) is 0. The second-order valence-corrected chi connectivity index (χ2v) is 7.99. The molecule has 5 nitrogen and oxygen atoms in total. The number of aryl methyl sites for hydroxylation is 1. The van der Waals surface area contributed by atoms with Crippen molar-refractivity contribution in [2.24, 2.45) is 9.98 Å². The van der Waals surface area contributed by atoms with Crippen LogP contribution in [0.2, 0.25) is 0 Å². The zero-order valence-electron chi connectivity index (χ0n) is 17.8. The summed E-state index contributed by atoms with van der Waals surface area (Å²) in [6.07, 6.45) is 0. The lowest BCUT2D eigenvalue weighted by Crippen LogP contribution is -2.15. The quantitative estimate of drug-likeness (QED) is 0.440. The van der Waals surface area contributed by atoms with Gasteiger partial charge >= 0.3 is 0 Å². The van der Waals surface area contributed by atoms with Crippen molar-refractivity contribution < 1.29 is 9.47 Å². The monoisotopic (exact) mass is 477 g/mol. The Hall–Kier alpha value is -3.12. The maximum absolute atomic E-state index is 5.82. The fourth-order valence-electron chi connectivity index (χ4n) is 3.31. The third kappa shape index (κ3) is 4.80. The lowest BCUT2D eigenvalue weighted by Gasteiger charge is -2.14. The topological polar surface area (TPSA) is 55.2 Å². The number of anilines is 1. The molecule has 0 amide bonds. The van der Waals surface area contributed by atoms with Crippen LogP contribution in [0.1, 0.15) is 30.5 Å². The number of aliphatic imine (C=N–C) groups is 2. The molecule has 158 valence electrons. The number of halogens is 1. The minimum Gasteiger partial charge on any atom is -0.490 e. The van der Waals surface area contributed by atoms with Crippen LogP contribution in [-0.2, 0) is 0 Å². The van der Waals surface area contributed by atoms with Crippen molar-refractivity contribution in [1.29, 1.82) is 0 Å². The van der Waals surface area contributed by atoms with Gasteiger partial charge in [0.05, 0.1) is 24.6 Å². The SMILES string of the molecule is CCOc1ccc(C2=NC(c3ccc(Br)cc3)=Nc3ccc(C)cc3N2)cc1OCC. The predicted octanol–water partition coefficient (Wildman–Crippen LogP) is 6.51. The Morgan fingerprint density at radius 3 is 2.26 bits per heavy atom. The molecule has 0 radical (unpaired) electrons. The maximum atomic E-state index is 5.82. The Balaban J connectivity index is 1.83. The van der Waals surface area contributed by atoms with Crippen molar-refractivity contribution >= 4 is 39.0 Å². The van der Waals surface area contributed by atoms with E-state index in [4.69, 9.17) is 19.5 Å². The van der Waals surface area contributed by atoms with Crippen molar-refractivity contribution in [3.05, 3.63) is 81.8 Å². The molecule has 0 saturated heterocycles. The largest absolute Gasteiger partial charge is 0.490 e. The molecule has 0 fully saturated rings. The summed E-state index contributed by atoms with van der Waals surface area (Å²) in [5.41, 5.74) is 4.74. The first-order chi connectivity index (χ1) is 15.1. The van der Waals surface area contributed by atoms with E-state index in [1.165, 1.54) is 0 Å². The summed E-state index contributed by atoms with van der Waals surface area (Å²) in [5, 5.41) is 3.48. The highest BCUT2D eigenvalue weighted by molar-refractivity contribution is 9.10. The third-order valence-corrected chi connectivity index (χ3v) is 5.30. The van der Waals surface area contributed by atoms with Crippen LogP contribution in [0.4, 0.5) is 11.4 Å². The summed E-state index contributed by atoms with van der Waals surface area (Å²) in [4.78, 5) is 9.77. The molecule has 0 unspecified atom stereocenters. The van der Waals surface area contributed by atoms with E-state index < -0.39 is 0 Å². The molecule has 31 heavy (non-hydrogen) atoms. The molecule has 0 saturated carbocycles. The molecule has 0 atom stereocenters. The van der Waals surface area contributed by atoms with Crippen molar-refractivity contribution in [1.82, 2.24) is 0 Å². The number of benzene rings is 3. The molecule has 1 N–H and O–H groups in total. The number of hydrogen-bond acceptors (Lipinski definition) is 5. The van der Waals surface area contributed by atoms with E-state index in [1.807, 2.05) is 62.4 Å². The first kappa shape index (κ1) is 21.1. The summed E-state index contributed by atoms with van der Waals surface area (Å²) in [6, 6.07) is 20.0. The van der Waals surface area contributed by atoms with E-state index >= 15 is 0 Å². The molecule has 3 aromatic rings. The average Bonchev–Trinajstić information content (AvgIpc) is 2.95. The highest BCUT2D eigenvalue weighted by atomic mass is 79.9. The van der Waals surface area contributed by atoms with Gasteiger partial charge < -0.3 is 14.8 Å². The Morgan fingerprint density at radius 2 is 1.52 bits per heavy atom. The Labute approximate surface area is 191 Å². The van der Waals surface area contributed by atoms with E-state index in [-0.39, 0.29) is 0 Å². The summed E-state index contributed by atoms with van der Waals surface area (Å²) < 4.78 is 12.5.